The van der Waals surface area contributed by atoms with Crippen molar-refractivity contribution in [3.63, 3.8) is 0 Å². The van der Waals surface area contributed by atoms with Gasteiger partial charge in [0.15, 0.2) is 17.0 Å². The minimum atomic E-state index is -1.03. The number of aromatic nitrogens is 7. The zero-order valence-electron chi connectivity index (χ0n) is 14.7. The maximum Gasteiger partial charge on any atom is 0.165 e. The number of nitrogens with zero attached hydrogens (tertiary/aromatic N) is 8. The Kier molecular flexibility index (Phi) is 3.68. The normalized spacial score (nSPS) is 20.9. The molecular formula is C16H22N8O. The summed E-state index contributed by atoms with van der Waals surface area (Å²) in [5, 5.41) is 19.4. The van der Waals surface area contributed by atoms with Gasteiger partial charge in [0.25, 0.3) is 0 Å². The molecule has 0 spiro atoms. The second-order valence-corrected chi connectivity index (χ2v) is 6.78. The van der Waals surface area contributed by atoms with Gasteiger partial charge in [-0.2, -0.15) is 0 Å². The van der Waals surface area contributed by atoms with E-state index in [9.17, 15) is 5.11 Å². The number of hydrogen-bond donors (Lipinski definition) is 1. The van der Waals surface area contributed by atoms with E-state index in [2.05, 4.69) is 32.2 Å². The van der Waals surface area contributed by atoms with Crippen LogP contribution in [0.1, 0.15) is 38.9 Å². The highest BCUT2D eigenvalue weighted by molar-refractivity contribution is 5.83. The van der Waals surface area contributed by atoms with Gasteiger partial charge in [0.1, 0.15) is 17.6 Å². The lowest BCUT2D eigenvalue weighted by molar-refractivity contribution is 0.0559. The van der Waals surface area contributed by atoms with Gasteiger partial charge in [-0.15, -0.1) is 5.10 Å². The fraction of sp³-hybridized carbons (Fsp3) is 0.562. The first-order valence-electron chi connectivity index (χ1n) is 8.57. The van der Waals surface area contributed by atoms with E-state index in [1.807, 2.05) is 29.5 Å². The molecule has 1 aliphatic heterocycles. The van der Waals surface area contributed by atoms with Crippen molar-refractivity contribution in [2.24, 2.45) is 0 Å². The van der Waals surface area contributed by atoms with Crippen LogP contribution < -0.4 is 4.90 Å². The second kappa shape index (κ2) is 5.76. The van der Waals surface area contributed by atoms with Crippen molar-refractivity contribution >= 4 is 17.0 Å². The van der Waals surface area contributed by atoms with E-state index in [0.717, 1.165) is 23.5 Å². The number of β-amino-alcohol motifs (C(OH)–C–C–N with tert-alkyl or cyclic N) is 1. The van der Waals surface area contributed by atoms with Crippen LogP contribution in [-0.4, -0.2) is 52.7 Å². The van der Waals surface area contributed by atoms with Gasteiger partial charge in [-0.05, 0) is 20.8 Å². The fourth-order valence-electron chi connectivity index (χ4n) is 3.26. The number of aryl methyl sites for hydroxylation is 1. The van der Waals surface area contributed by atoms with Crippen molar-refractivity contribution in [2.75, 3.05) is 18.0 Å². The van der Waals surface area contributed by atoms with E-state index in [-0.39, 0.29) is 6.04 Å². The highest BCUT2D eigenvalue weighted by Crippen LogP contribution is 2.34. The Labute approximate surface area is 145 Å². The number of fused-ring (bicyclic) bond motifs is 1. The van der Waals surface area contributed by atoms with E-state index >= 15 is 0 Å². The first-order valence-corrected chi connectivity index (χ1v) is 8.57. The Balaban J connectivity index is 1.65. The van der Waals surface area contributed by atoms with Crippen LogP contribution >= 0.6 is 0 Å². The molecule has 1 N–H and O–H groups in total. The zero-order chi connectivity index (χ0) is 17.6. The van der Waals surface area contributed by atoms with Gasteiger partial charge < -0.3 is 14.6 Å². The smallest absolute Gasteiger partial charge is 0.165 e. The van der Waals surface area contributed by atoms with Gasteiger partial charge in [-0.25, -0.2) is 19.6 Å². The van der Waals surface area contributed by atoms with Crippen LogP contribution in [0.4, 0.5) is 5.82 Å². The fourth-order valence-corrected chi connectivity index (χ4v) is 3.26. The lowest BCUT2D eigenvalue weighted by atomic mass is 10.00. The summed E-state index contributed by atoms with van der Waals surface area (Å²) in [6, 6.07) is 0.210. The molecule has 25 heavy (non-hydrogen) atoms. The molecule has 0 bridgehead atoms. The molecule has 132 valence electrons. The lowest BCUT2D eigenvalue weighted by Gasteiger charge is -2.21. The third kappa shape index (κ3) is 2.55. The van der Waals surface area contributed by atoms with E-state index < -0.39 is 5.60 Å². The molecule has 1 aliphatic rings. The Morgan fingerprint density at radius 1 is 1.28 bits per heavy atom. The van der Waals surface area contributed by atoms with Crippen molar-refractivity contribution in [3.8, 4) is 0 Å². The van der Waals surface area contributed by atoms with Crippen LogP contribution in [0.25, 0.3) is 11.2 Å². The first-order chi connectivity index (χ1) is 12.0. The van der Waals surface area contributed by atoms with Gasteiger partial charge in [0.2, 0.25) is 0 Å². The quantitative estimate of drug-likeness (QED) is 0.758. The molecule has 4 rings (SSSR count). The van der Waals surface area contributed by atoms with Gasteiger partial charge >= 0.3 is 0 Å². The highest BCUT2D eigenvalue weighted by Gasteiger charge is 2.41. The minimum Gasteiger partial charge on any atom is -0.381 e. The van der Waals surface area contributed by atoms with Crippen LogP contribution in [0.2, 0.25) is 0 Å². The predicted molar refractivity (Wildman–Crippen MR) is 92.1 cm³/mol. The number of anilines is 1. The number of aliphatic hydroxyl groups is 1. The van der Waals surface area contributed by atoms with Crippen molar-refractivity contribution < 1.29 is 5.11 Å². The maximum atomic E-state index is 11.1. The van der Waals surface area contributed by atoms with Crippen LogP contribution in [0.3, 0.4) is 0 Å². The molecule has 0 aromatic carbocycles. The third-order valence-corrected chi connectivity index (χ3v) is 4.79. The molecule has 0 radical (unpaired) electrons. The Hall–Kier alpha value is -2.55. The predicted octanol–water partition coefficient (Wildman–Crippen LogP) is 1.12. The molecular weight excluding hydrogens is 320 g/mol. The van der Waals surface area contributed by atoms with Gasteiger partial charge in [0, 0.05) is 25.6 Å². The zero-order valence-corrected chi connectivity index (χ0v) is 14.7. The minimum absolute atomic E-state index is 0.210. The summed E-state index contributed by atoms with van der Waals surface area (Å²) < 4.78 is 3.75. The van der Waals surface area contributed by atoms with Crippen LogP contribution in [-0.2, 0) is 12.1 Å². The molecule has 3 aromatic rings. The Morgan fingerprint density at radius 2 is 2.12 bits per heavy atom. The monoisotopic (exact) mass is 342 g/mol. The Morgan fingerprint density at radius 3 is 2.84 bits per heavy atom. The Bertz CT molecular complexity index is 901. The summed E-state index contributed by atoms with van der Waals surface area (Å²) >= 11 is 0. The average molecular weight is 342 g/mol. The second-order valence-electron chi connectivity index (χ2n) is 6.78. The molecule has 1 atom stereocenters. The largest absolute Gasteiger partial charge is 0.381 e. The first kappa shape index (κ1) is 15.9. The molecule has 0 amide bonds. The van der Waals surface area contributed by atoms with E-state index in [0.29, 0.717) is 25.2 Å². The van der Waals surface area contributed by atoms with E-state index in [1.165, 1.54) is 0 Å². The summed E-state index contributed by atoms with van der Waals surface area (Å²) in [6.07, 6.45) is 5.73. The highest BCUT2D eigenvalue weighted by atomic mass is 16.3. The average Bonchev–Trinajstić information content (AvgIpc) is 3.32. The lowest BCUT2D eigenvalue weighted by Crippen LogP contribution is -2.31. The molecule has 0 unspecified atom stereocenters. The summed E-state index contributed by atoms with van der Waals surface area (Å²) in [5.74, 6) is 0.754. The van der Waals surface area contributed by atoms with Crippen molar-refractivity contribution in [1.82, 2.24) is 34.5 Å². The summed E-state index contributed by atoms with van der Waals surface area (Å²) in [4.78, 5) is 15.3. The van der Waals surface area contributed by atoms with Gasteiger partial charge in [-0.1, -0.05) is 5.21 Å². The molecule has 3 aromatic heterocycles. The third-order valence-electron chi connectivity index (χ3n) is 4.79. The van der Waals surface area contributed by atoms with Crippen LogP contribution in [0.15, 0.2) is 18.9 Å². The summed E-state index contributed by atoms with van der Waals surface area (Å²) in [5.41, 5.74) is 1.15. The topological polar surface area (TPSA) is 97.8 Å². The molecule has 9 heteroatoms. The van der Waals surface area contributed by atoms with E-state index in [1.54, 1.807) is 17.3 Å². The summed E-state index contributed by atoms with van der Waals surface area (Å²) in [6.45, 7) is 8.01. The number of hydrogen-bond acceptors (Lipinski definition) is 7. The van der Waals surface area contributed by atoms with Crippen LogP contribution in [0.5, 0.6) is 0 Å². The van der Waals surface area contributed by atoms with Crippen molar-refractivity contribution in [1.29, 1.82) is 0 Å². The van der Waals surface area contributed by atoms with E-state index in [4.69, 9.17) is 0 Å². The molecule has 4 heterocycles. The maximum absolute atomic E-state index is 11.1. The SMILES string of the molecule is CCn1cnc2c(N3CC[C@@](O)(c4cn(C(C)C)nn4)C3)ncnc21. The molecule has 9 nitrogen and oxygen atoms in total. The van der Waals surface area contributed by atoms with Gasteiger partial charge in [0.05, 0.1) is 19.1 Å². The number of imidazole rings is 1. The molecule has 1 saturated heterocycles. The molecule has 1 fully saturated rings. The summed E-state index contributed by atoms with van der Waals surface area (Å²) in [7, 11) is 0. The van der Waals surface area contributed by atoms with Gasteiger partial charge in [-0.3, -0.25) is 0 Å². The number of rotatable bonds is 4. The van der Waals surface area contributed by atoms with Crippen molar-refractivity contribution in [2.45, 2.75) is 45.4 Å². The van der Waals surface area contributed by atoms with Crippen molar-refractivity contribution in [3.05, 3.63) is 24.5 Å². The molecule has 0 saturated carbocycles. The standard InChI is InChI=1S/C16H22N8O/c1-4-22-10-19-13-14(22)17-9-18-15(13)23-6-5-16(25,8-23)12-7-24(11(2)3)21-20-12/h7,9-11,25H,4-6,8H2,1-3H3/t16-/m0/s1. The molecule has 0 aliphatic carbocycles. The van der Waals surface area contributed by atoms with Crippen LogP contribution in [0, 0.1) is 0 Å².